The zero-order valence-electron chi connectivity index (χ0n) is 49.6. The first-order valence-electron chi connectivity index (χ1n) is 31.0. The summed E-state index contributed by atoms with van der Waals surface area (Å²) >= 11 is 0. The molecule has 0 aromatic heterocycles. The molecule has 3 heteroatoms. The van der Waals surface area contributed by atoms with Crippen LogP contribution in [0, 0.1) is 0 Å². The SMILES string of the molecule is c1ccc(-c2ccccc2N(c2ccccc2)c2ccc(-c3cccc4ccccc34)cc2)cc1.c1ccc2cc(N(c3ccc4c(c3)Cc3ccc(N(c5ccc6ccccc6c5)c5ccc6ccccc6c5)cc3-4)c3ccc4ccccc4c3)ccc2c1. The molecule has 0 amide bonds. The molecule has 16 aromatic rings. The lowest BCUT2D eigenvalue weighted by atomic mass is 9.97. The van der Waals surface area contributed by atoms with Gasteiger partial charge in [0.15, 0.2) is 0 Å². The summed E-state index contributed by atoms with van der Waals surface area (Å²) in [6, 6.07) is 130. The van der Waals surface area contributed by atoms with Crippen molar-refractivity contribution < 1.29 is 0 Å². The average Bonchev–Trinajstić information content (AvgIpc) is 1.71. The quantitative estimate of drug-likeness (QED) is 0.128. The molecule has 0 saturated carbocycles. The Hall–Kier alpha value is -11.8. The van der Waals surface area contributed by atoms with Gasteiger partial charge in [0, 0.05) is 51.1 Å². The van der Waals surface area contributed by atoms with Crippen molar-refractivity contribution in [3.63, 3.8) is 0 Å². The van der Waals surface area contributed by atoms with Crippen molar-refractivity contribution in [2.75, 3.05) is 14.7 Å². The first kappa shape index (κ1) is 53.7. The second-order valence-corrected chi connectivity index (χ2v) is 23.3. The van der Waals surface area contributed by atoms with Gasteiger partial charge in [-0.3, -0.25) is 0 Å². The van der Waals surface area contributed by atoms with Crippen molar-refractivity contribution in [1.29, 1.82) is 0 Å². The molecule has 0 aliphatic heterocycles. The van der Waals surface area contributed by atoms with Gasteiger partial charge in [-0.15, -0.1) is 0 Å². The first-order chi connectivity index (χ1) is 44.6. The maximum absolute atomic E-state index is 2.41. The van der Waals surface area contributed by atoms with Crippen LogP contribution in [0.15, 0.2) is 358 Å². The molecule has 424 valence electrons. The average molecular weight is 1150 g/mol. The van der Waals surface area contributed by atoms with E-state index >= 15 is 0 Å². The molecule has 0 atom stereocenters. The number of hydrogen-bond donors (Lipinski definition) is 0. The van der Waals surface area contributed by atoms with Gasteiger partial charge < -0.3 is 14.7 Å². The Kier molecular flexibility index (Phi) is 14.0. The Labute approximate surface area is 525 Å². The van der Waals surface area contributed by atoms with Crippen molar-refractivity contribution in [2.24, 2.45) is 0 Å². The Morgan fingerprint density at radius 1 is 0.178 bits per heavy atom. The third-order valence-corrected chi connectivity index (χ3v) is 17.8. The van der Waals surface area contributed by atoms with Crippen LogP contribution in [0.25, 0.3) is 87.2 Å². The number of rotatable bonds is 11. The molecule has 3 nitrogen and oxygen atoms in total. The largest absolute Gasteiger partial charge is 0.310 e. The number of fused-ring (bicyclic) bond motifs is 8. The summed E-state index contributed by atoms with van der Waals surface area (Å²) in [6.07, 6.45) is 0.897. The highest BCUT2D eigenvalue weighted by Crippen LogP contribution is 2.47. The van der Waals surface area contributed by atoms with Gasteiger partial charge in [0.2, 0.25) is 0 Å². The summed E-state index contributed by atoms with van der Waals surface area (Å²) in [6.45, 7) is 0. The first-order valence-corrected chi connectivity index (χ1v) is 31.0. The molecule has 0 heterocycles. The molecule has 90 heavy (non-hydrogen) atoms. The highest BCUT2D eigenvalue weighted by atomic mass is 15.2. The normalized spacial score (nSPS) is 11.5. The van der Waals surface area contributed by atoms with Crippen LogP contribution in [0.1, 0.15) is 11.1 Å². The number of para-hydroxylation sites is 2. The molecule has 1 aliphatic carbocycles. The van der Waals surface area contributed by atoms with Gasteiger partial charge in [-0.2, -0.15) is 0 Å². The topological polar surface area (TPSA) is 9.72 Å². The molecule has 0 N–H and O–H groups in total. The Morgan fingerprint density at radius 2 is 0.556 bits per heavy atom. The summed E-state index contributed by atoms with van der Waals surface area (Å²) in [5.41, 5.74) is 20.5. The van der Waals surface area contributed by atoms with Crippen LogP contribution in [0.5, 0.6) is 0 Å². The van der Waals surface area contributed by atoms with Crippen molar-refractivity contribution >= 4 is 105 Å². The molecule has 0 saturated heterocycles. The smallest absolute Gasteiger partial charge is 0.0540 e. The second-order valence-electron chi connectivity index (χ2n) is 23.3. The fraction of sp³-hybridized carbons (Fsp3) is 0.0115. The van der Waals surface area contributed by atoms with Crippen molar-refractivity contribution in [3.8, 4) is 33.4 Å². The van der Waals surface area contributed by atoms with Crippen LogP contribution in [-0.2, 0) is 6.42 Å². The number of nitrogens with zero attached hydrogens (tertiary/aromatic N) is 3. The summed E-state index contributed by atoms with van der Waals surface area (Å²) in [7, 11) is 0. The Morgan fingerprint density at radius 3 is 1.11 bits per heavy atom. The molecule has 0 spiro atoms. The van der Waals surface area contributed by atoms with Crippen molar-refractivity contribution in [3.05, 3.63) is 369 Å². The molecular weight excluding hydrogens is 1090 g/mol. The lowest BCUT2D eigenvalue weighted by Crippen LogP contribution is -2.11. The molecule has 16 aromatic carbocycles. The second kappa shape index (κ2) is 23.5. The van der Waals surface area contributed by atoms with E-state index in [9.17, 15) is 0 Å². The minimum atomic E-state index is 0.897. The molecular formula is C87H61N3. The van der Waals surface area contributed by atoms with Gasteiger partial charge in [0.1, 0.15) is 0 Å². The number of hydrogen-bond acceptors (Lipinski definition) is 3. The van der Waals surface area contributed by atoms with Gasteiger partial charge in [-0.25, -0.2) is 0 Å². The predicted octanol–water partition coefficient (Wildman–Crippen LogP) is 24.5. The minimum absolute atomic E-state index is 0.897. The monoisotopic (exact) mass is 1150 g/mol. The van der Waals surface area contributed by atoms with Crippen LogP contribution in [0.3, 0.4) is 0 Å². The number of anilines is 9. The van der Waals surface area contributed by atoms with Gasteiger partial charge in [0.25, 0.3) is 0 Å². The van der Waals surface area contributed by atoms with E-state index in [1.54, 1.807) is 0 Å². The zero-order valence-corrected chi connectivity index (χ0v) is 49.6. The van der Waals surface area contributed by atoms with E-state index in [1.165, 1.54) is 98.4 Å². The maximum atomic E-state index is 2.41. The summed E-state index contributed by atoms with van der Waals surface area (Å²) in [5, 5.41) is 12.4. The number of benzene rings is 16. The fourth-order valence-corrected chi connectivity index (χ4v) is 13.4. The van der Waals surface area contributed by atoms with E-state index < -0.39 is 0 Å². The van der Waals surface area contributed by atoms with E-state index in [1.807, 2.05) is 0 Å². The summed E-state index contributed by atoms with van der Waals surface area (Å²) in [4.78, 5) is 7.16. The van der Waals surface area contributed by atoms with Gasteiger partial charge >= 0.3 is 0 Å². The molecule has 0 fully saturated rings. The van der Waals surface area contributed by atoms with Crippen LogP contribution >= 0.6 is 0 Å². The van der Waals surface area contributed by atoms with Crippen LogP contribution < -0.4 is 14.7 Å². The minimum Gasteiger partial charge on any atom is -0.310 e. The van der Waals surface area contributed by atoms with E-state index in [0.29, 0.717) is 0 Å². The van der Waals surface area contributed by atoms with Crippen molar-refractivity contribution in [2.45, 2.75) is 6.42 Å². The fourth-order valence-electron chi connectivity index (χ4n) is 13.4. The maximum Gasteiger partial charge on any atom is 0.0540 e. The predicted molar refractivity (Wildman–Crippen MR) is 384 cm³/mol. The highest BCUT2D eigenvalue weighted by Gasteiger charge is 2.25. The Bertz CT molecular complexity index is 5140. The van der Waals surface area contributed by atoms with E-state index in [2.05, 4.69) is 373 Å². The van der Waals surface area contributed by atoms with Crippen molar-refractivity contribution in [1.82, 2.24) is 0 Å². The van der Waals surface area contributed by atoms with Crippen LogP contribution in [0.4, 0.5) is 51.2 Å². The third-order valence-electron chi connectivity index (χ3n) is 17.8. The van der Waals surface area contributed by atoms with Gasteiger partial charge in [-0.1, -0.05) is 255 Å². The van der Waals surface area contributed by atoms with E-state index in [4.69, 9.17) is 0 Å². The zero-order chi connectivity index (χ0) is 59.7. The lowest BCUT2D eigenvalue weighted by molar-refractivity contribution is 1.23. The van der Waals surface area contributed by atoms with E-state index in [0.717, 1.165) is 57.6 Å². The summed E-state index contributed by atoms with van der Waals surface area (Å²) < 4.78 is 0. The lowest BCUT2D eigenvalue weighted by Gasteiger charge is -2.28. The van der Waals surface area contributed by atoms with Gasteiger partial charge in [-0.05, 0) is 202 Å². The third kappa shape index (κ3) is 10.3. The standard InChI is InChI=1S/C53H36N2.C34H25N/c1-5-13-40-30-46(22-17-36(40)9-1)54(47-23-18-37-10-2-6-14-41(37)31-47)50-27-28-52-45(34-50)29-44-21-26-51(35-53(44)52)55(48-24-19-38-11-3-7-15-42(38)32-48)49-25-20-39-12-4-8-16-43(39)33-49;1-3-12-27(13-4-1)33-19-9-10-21-34(33)35(29-16-5-2-6-17-29)30-24-22-28(23-25-30)32-20-11-15-26-14-7-8-18-31(26)32/h1-28,30-35H,29H2;1-25H. The molecule has 0 unspecified atom stereocenters. The van der Waals surface area contributed by atoms with Crippen LogP contribution in [0.2, 0.25) is 0 Å². The van der Waals surface area contributed by atoms with Crippen LogP contribution in [-0.4, -0.2) is 0 Å². The highest BCUT2D eigenvalue weighted by molar-refractivity contribution is 5.99. The van der Waals surface area contributed by atoms with Gasteiger partial charge in [0.05, 0.1) is 5.69 Å². The molecule has 0 bridgehead atoms. The van der Waals surface area contributed by atoms with E-state index in [-0.39, 0.29) is 0 Å². The summed E-state index contributed by atoms with van der Waals surface area (Å²) in [5.74, 6) is 0. The Balaban J connectivity index is 0.000000160. The molecule has 17 rings (SSSR count). The molecule has 0 radical (unpaired) electrons. The molecule has 1 aliphatic rings.